The molecule has 0 radical (unpaired) electrons. The zero-order chi connectivity index (χ0) is 13.7. The average molecular weight is 280 g/mol. The number of aromatic nitrogens is 4. The van der Waals surface area contributed by atoms with Gasteiger partial charge in [-0.05, 0) is 13.3 Å². The Bertz CT molecular complexity index is 557. The van der Waals surface area contributed by atoms with Crippen molar-refractivity contribution in [3.05, 3.63) is 12.7 Å². The van der Waals surface area contributed by atoms with Gasteiger partial charge in [0.15, 0.2) is 5.65 Å². The molecule has 0 aliphatic carbocycles. The molecule has 2 aromatic rings. The third-order valence-electron chi connectivity index (χ3n) is 2.54. The number of nitrogens with one attached hydrogen (secondary N) is 1. The number of fused-ring (bicyclic) bond motifs is 1. The number of hydrogen-bond acceptors (Lipinski definition) is 6. The number of ether oxygens (including phenoxy) is 1. The van der Waals surface area contributed by atoms with Gasteiger partial charge in [0.25, 0.3) is 0 Å². The molecule has 1 N–H and O–H groups in total. The molecule has 1 unspecified atom stereocenters. The van der Waals surface area contributed by atoms with Crippen LogP contribution in [-0.2, 0) is 9.53 Å². The average Bonchev–Trinajstić information content (AvgIpc) is 2.87. The number of thioether (sulfide) groups is 1. The second kappa shape index (κ2) is 6.51. The van der Waals surface area contributed by atoms with Gasteiger partial charge in [-0.1, -0.05) is 25.1 Å². The summed E-state index contributed by atoms with van der Waals surface area (Å²) in [6, 6.07) is 0. The maximum Gasteiger partial charge on any atom is 0.319 e. The highest BCUT2D eigenvalue weighted by Gasteiger charge is 2.22. The van der Waals surface area contributed by atoms with Crippen LogP contribution < -0.4 is 0 Å². The van der Waals surface area contributed by atoms with Gasteiger partial charge in [-0.3, -0.25) is 4.79 Å². The number of aromatic amines is 1. The lowest BCUT2D eigenvalue weighted by atomic mass is 10.2. The molecule has 19 heavy (non-hydrogen) atoms. The molecule has 0 aromatic carbocycles. The zero-order valence-electron chi connectivity index (χ0n) is 10.9. The van der Waals surface area contributed by atoms with Gasteiger partial charge in [-0.25, -0.2) is 15.0 Å². The summed E-state index contributed by atoms with van der Waals surface area (Å²) in [6.45, 7) is 4.24. The first kappa shape index (κ1) is 13.8. The van der Waals surface area contributed by atoms with E-state index in [1.54, 1.807) is 6.33 Å². The molecule has 102 valence electrons. The van der Waals surface area contributed by atoms with E-state index in [1.807, 2.05) is 13.8 Å². The van der Waals surface area contributed by atoms with Gasteiger partial charge in [0.05, 0.1) is 12.9 Å². The molecule has 0 spiro atoms. The highest BCUT2D eigenvalue weighted by atomic mass is 32.2. The van der Waals surface area contributed by atoms with Crippen LogP contribution in [0.5, 0.6) is 0 Å². The first-order chi connectivity index (χ1) is 9.26. The van der Waals surface area contributed by atoms with Crippen molar-refractivity contribution in [3.8, 4) is 0 Å². The molecular weight excluding hydrogens is 264 g/mol. The van der Waals surface area contributed by atoms with E-state index in [4.69, 9.17) is 4.74 Å². The first-order valence-corrected chi connectivity index (χ1v) is 7.11. The molecule has 0 bridgehead atoms. The first-order valence-electron chi connectivity index (χ1n) is 6.23. The molecule has 0 aliphatic heterocycles. The van der Waals surface area contributed by atoms with Gasteiger partial charge >= 0.3 is 5.97 Å². The molecule has 1 atom stereocenters. The van der Waals surface area contributed by atoms with Crippen LogP contribution in [-0.4, -0.2) is 37.8 Å². The molecule has 7 heteroatoms. The third-order valence-corrected chi connectivity index (χ3v) is 3.79. The molecule has 0 amide bonds. The normalized spacial score (nSPS) is 12.5. The highest BCUT2D eigenvalue weighted by molar-refractivity contribution is 8.00. The fourth-order valence-corrected chi connectivity index (χ4v) is 2.85. The van der Waals surface area contributed by atoms with Crippen molar-refractivity contribution in [2.45, 2.75) is 37.0 Å². The van der Waals surface area contributed by atoms with Crippen molar-refractivity contribution >= 4 is 28.9 Å². The molecule has 2 heterocycles. The lowest BCUT2D eigenvalue weighted by Gasteiger charge is -2.13. The van der Waals surface area contributed by atoms with Crippen molar-refractivity contribution in [1.82, 2.24) is 19.9 Å². The number of H-pyrrole nitrogens is 1. The zero-order valence-corrected chi connectivity index (χ0v) is 11.7. The number of imidazole rings is 1. The number of carbonyl (C=O) groups excluding carboxylic acids is 1. The van der Waals surface area contributed by atoms with Gasteiger partial charge in [-0.2, -0.15) is 0 Å². The summed E-state index contributed by atoms with van der Waals surface area (Å²) in [5.74, 6) is -0.194. The summed E-state index contributed by atoms with van der Waals surface area (Å²) in [6.07, 6.45) is 4.69. The van der Waals surface area contributed by atoms with Gasteiger partial charge in [0, 0.05) is 0 Å². The Morgan fingerprint density at radius 1 is 1.42 bits per heavy atom. The van der Waals surface area contributed by atoms with E-state index in [0.717, 1.165) is 23.4 Å². The Morgan fingerprint density at radius 3 is 3.00 bits per heavy atom. The van der Waals surface area contributed by atoms with Crippen LogP contribution in [0.2, 0.25) is 0 Å². The lowest BCUT2D eigenvalue weighted by molar-refractivity contribution is -0.142. The maximum atomic E-state index is 11.9. The van der Waals surface area contributed by atoms with E-state index in [-0.39, 0.29) is 11.2 Å². The molecule has 0 saturated carbocycles. The summed E-state index contributed by atoms with van der Waals surface area (Å²) in [5.41, 5.74) is 1.37. The van der Waals surface area contributed by atoms with Crippen molar-refractivity contribution in [2.24, 2.45) is 0 Å². The van der Waals surface area contributed by atoms with Crippen LogP contribution in [0.4, 0.5) is 0 Å². The molecule has 0 aliphatic rings. The van der Waals surface area contributed by atoms with Crippen molar-refractivity contribution < 1.29 is 9.53 Å². The van der Waals surface area contributed by atoms with Crippen LogP contribution >= 0.6 is 11.8 Å². The van der Waals surface area contributed by atoms with Gasteiger partial charge < -0.3 is 9.72 Å². The summed E-state index contributed by atoms with van der Waals surface area (Å²) in [4.78, 5) is 27.2. The van der Waals surface area contributed by atoms with Crippen molar-refractivity contribution in [2.75, 3.05) is 6.61 Å². The fourth-order valence-electron chi connectivity index (χ4n) is 1.69. The van der Waals surface area contributed by atoms with Crippen LogP contribution in [0.15, 0.2) is 17.7 Å². The van der Waals surface area contributed by atoms with Crippen LogP contribution in [0.3, 0.4) is 0 Å². The van der Waals surface area contributed by atoms with E-state index in [2.05, 4.69) is 19.9 Å². The summed E-state index contributed by atoms with van der Waals surface area (Å²) in [7, 11) is 0. The smallest absolute Gasteiger partial charge is 0.319 e. The minimum atomic E-state index is -0.244. The monoisotopic (exact) mass is 280 g/mol. The second-order valence-corrected chi connectivity index (χ2v) is 5.12. The van der Waals surface area contributed by atoms with Crippen LogP contribution in [0.1, 0.15) is 26.7 Å². The SMILES string of the molecule is CCCC(Sc1ncnc2nc[nH]c12)C(=O)OCC. The lowest BCUT2D eigenvalue weighted by Crippen LogP contribution is -2.20. The molecule has 2 aromatic heterocycles. The number of hydrogen-bond donors (Lipinski definition) is 1. The third kappa shape index (κ3) is 3.23. The predicted molar refractivity (Wildman–Crippen MR) is 72.9 cm³/mol. The Kier molecular flexibility index (Phi) is 4.73. The van der Waals surface area contributed by atoms with E-state index >= 15 is 0 Å². The van der Waals surface area contributed by atoms with E-state index in [9.17, 15) is 4.79 Å². The quantitative estimate of drug-likeness (QED) is 0.496. The van der Waals surface area contributed by atoms with Gasteiger partial charge in [-0.15, -0.1) is 0 Å². The highest BCUT2D eigenvalue weighted by Crippen LogP contribution is 2.29. The summed E-state index contributed by atoms with van der Waals surface area (Å²) in [5, 5.41) is 0.486. The van der Waals surface area contributed by atoms with E-state index in [0.29, 0.717) is 12.3 Å². The second-order valence-electron chi connectivity index (χ2n) is 3.93. The topological polar surface area (TPSA) is 80.8 Å². The summed E-state index contributed by atoms with van der Waals surface area (Å²) < 4.78 is 5.09. The standard InChI is InChI=1S/C12H16N4O2S/c1-3-5-8(12(17)18-4-2)19-11-9-10(14-6-13-9)15-7-16-11/h6-8H,3-5H2,1-2H3,(H,13,14,15,16). The van der Waals surface area contributed by atoms with Crippen LogP contribution in [0.25, 0.3) is 11.2 Å². The molecule has 6 nitrogen and oxygen atoms in total. The minimum absolute atomic E-state index is 0.194. The molecular formula is C12H16N4O2S. The van der Waals surface area contributed by atoms with E-state index < -0.39 is 0 Å². The van der Waals surface area contributed by atoms with Crippen molar-refractivity contribution in [3.63, 3.8) is 0 Å². The fraction of sp³-hybridized carbons (Fsp3) is 0.500. The number of rotatable bonds is 6. The maximum absolute atomic E-state index is 11.9. The molecule has 0 saturated heterocycles. The van der Waals surface area contributed by atoms with Gasteiger partial charge in [0.2, 0.25) is 0 Å². The largest absolute Gasteiger partial charge is 0.465 e. The van der Waals surface area contributed by atoms with Gasteiger partial charge in [0.1, 0.15) is 22.1 Å². The molecule has 2 rings (SSSR count). The Morgan fingerprint density at radius 2 is 2.26 bits per heavy atom. The Hall–Kier alpha value is -1.63. The Balaban J connectivity index is 2.20. The number of esters is 1. The summed E-state index contributed by atoms with van der Waals surface area (Å²) >= 11 is 1.40. The Labute approximate surface area is 115 Å². The van der Waals surface area contributed by atoms with Crippen LogP contribution in [0, 0.1) is 0 Å². The van der Waals surface area contributed by atoms with Crippen molar-refractivity contribution in [1.29, 1.82) is 0 Å². The minimum Gasteiger partial charge on any atom is -0.465 e. The predicted octanol–water partition coefficient (Wildman–Crippen LogP) is 2.18. The number of nitrogens with zero attached hydrogens (tertiary/aromatic N) is 3. The van der Waals surface area contributed by atoms with E-state index in [1.165, 1.54) is 18.1 Å². The number of carbonyl (C=O) groups is 1. The molecule has 0 fully saturated rings.